The first-order valence-electron chi connectivity index (χ1n) is 6.06. The van der Waals surface area contributed by atoms with Crippen LogP contribution in [0, 0.1) is 0 Å². The molecule has 1 heterocycles. The highest BCUT2D eigenvalue weighted by Crippen LogP contribution is 2.42. The third-order valence-electron chi connectivity index (χ3n) is 3.63. The van der Waals surface area contributed by atoms with Gasteiger partial charge in [0.25, 0.3) is 5.91 Å². The molecule has 3 rings (SSSR count). The molecule has 1 aliphatic carbocycles. The van der Waals surface area contributed by atoms with E-state index in [1.165, 1.54) is 5.06 Å². The standard InChI is InChI=1S/C13H16N2O2/c14-10-3-5-11(6-4-10)15-12(16)9-13(17-15)7-1-2-8-13/h3-6H,1-2,7-9,14H2. The molecular weight excluding hydrogens is 216 g/mol. The Morgan fingerprint density at radius 2 is 1.82 bits per heavy atom. The van der Waals surface area contributed by atoms with Crippen molar-refractivity contribution in [2.75, 3.05) is 10.8 Å². The van der Waals surface area contributed by atoms with Crippen LogP contribution in [0.1, 0.15) is 32.1 Å². The molecule has 2 aliphatic rings. The van der Waals surface area contributed by atoms with Gasteiger partial charge in [-0.3, -0.25) is 9.63 Å². The maximum atomic E-state index is 12.0. The van der Waals surface area contributed by atoms with E-state index < -0.39 is 0 Å². The van der Waals surface area contributed by atoms with Crippen LogP contribution in [0.25, 0.3) is 0 Å². The van der Waals surface area contributed by atoms with E-state index in [0.29, 0.717) is 12.1 Å². The van der Waals surface area contributed by atoms with Crippen molar-refractivity contribution in [3.8, 4) is 0 Å². The van der Waals surface area contributed by atoms with Crippen molar-refractivity contribution in [1.82, 2.24) is 0 Å². The second-order valence-corrected chi connectivity index (χ2v) is 4.94. The number of carbonyl (C=O) groups excluding carboxylic acids is 1. The van der Waals surface area contributed by atoms with Gasteiger partial charge in [-0.05, 0) is 37.1 Å². The third kappa shape index (κ3) is 1.78. The molecule has 1 spiro atoms. The van der Waals surface area contributed by atoms with Crippen molar-refractivity contribution in [2.45, 2.75) is 37.7 Å². The summed E-state index contributed by atoms with van der Waals surface area (Å²) in [6.07, 6.45) is 4.80. The Balaban J connectivity index is 1.85. The van der Waals surface area contributed by atoms with Crippen molar-refractivity contribution in [3.63, 3.8) is 0 Å². The van der Waals surface area contributed by atoms with Crippen LogP contribution in [-0.4, -0.2) is 11.5 Å². The van der Waals surface area contributed by atoms with Crippen LogP contribution in [0.4, 0.5) is 11.4 Å². The fourth-order valence-corrected chi connectivity index (χ4v) is 2.72. The van der Waals surface area contributed by atoms with Crippen LogP contribution in [0.3, 0.4) is 0 Å². The summed E-state index contributed by atoms with van der Waals surface area (Å²) < 4.78 is 0. The minimum Gasteiger partial charge on any atom is -0.399 e. The molecule has 0 aromatic heterocycles. The summed E-state index contributed by atoms with van der Waals surface area (Å²) in [5.41, 5.74) is 6.87. The number of carbonyl (C=O) groups is 1. The van der Waals surface area contributed by atoms with E-state index in [1.807, 2.05) is 12.1 Å². The summed E-state index contributed by atoms with van der Waals surface area (Å²) in [6.45, 7) is 0. The zero-order valence-corrected chi connectivity index (χ0v) is 9.69. The second kappa shape index (κ2) is 3.74. The molecule has 0 atom stereocenters. The molecule has 1 saturated heterocycles. The molecule has 2 N–H and O–H groups in total. The number of nitrogen functional groups attached to an aromatic ring is 1. The van der Waals surface area contributed by atoms with Gasteiger partial charge in [0.15, 0.2) is 0 Å². The smallest absolute Gasteiger partial charge is 0.253 e. The summed E-state index contributed by atoms with van der Waals surface area (Å²) in [6, 6.07) is 7.21. The molecular formula is C13H16N2O2. The molecule has 0 radical (unpaired) electrons. The molecule has 1 saturated carbocycles. The molecule has 1 aromatic rings. The predicted molar refractivity (Wildman–Crippen MR) is 65.2 cm³/mol. The first-order valence-corrected chi connectivity index (χ1v) is 6.06. The van der Waals surface area contributed by atoms with E-state index in [9.17, 15) is 4.79 Å². The molecule has 0 bridgehead atoms. The van der Waals surface area contributed by atoms with Crippen molar-refractivity contribution >= 4 is 17.3 Å². The van der Waals surface area contributed by atoms with Gasteiger partial charge in [-0.1, -0.05) is 12.8 Å². The third-order valence-corrected chi connectivity index (χ3v) is 3.63. The quantitative estimate of drug-likeness (QED) is 0.755. The van der Waals surface area contributed by atoms with Crippen molar-refractivity contribution < 1.29 is 9.63 Å². The van der Waals surface area contributed by atoms with E-state index >= 15 is 0 Å². The molecule has 1 aliphatic heterocycles. The van der Waals surface area contributed by atoms with Crippen molar-refractivity contribution in [3.05, 3.63) is 24.3 Å². The highest BCUT2D eigenvalue weighted by molar-refractivity contribution is 5.94. The topological polar surface area (TPSA) is 55.6 Å². The fraction of sp³-hybridized carbons (Fsp3) is 0.462. The van der Waals surface area contributed by atoms with Gasteiger partial charge in [-0.15, -0.1) is 0 Å². The van der Waals surface area contributed by atoms with E-state index in [1.54, 1.807) is 12.1 Å². The molecule has 4 nitrogen and oxygen atoms in total. The lowest BCUT2D eigenvalue weighted by atomic mass is 9.99. The first kappa shape index (κ1) is 10.6. The van der Waals surface area contributed by atoms with Crippen LogP contribution >= 0.6 is 0 Å². The van der Waals surface area contributed by atoms with Gasteiger partial charge in [-0.2, -0.15) is 5.06 Å². The average Bonchev–Trinajstić information content (AvgIpc) is 2.88. The van der Waals surface area contributed by atoms with Crippen molar-refractivity contribution in [1.29, 1.82) is 0 Å². The molecule has 17 heavy (non-hydrogen) atoms. The summed E-state index contributed by atoms with van der Waals surface area (Å²) >= 11 is 0. The minimum absolute atomic E-state index is 0.0525. The highest BCUT2D eigenvalue weighted by Gasteiger charge is 2.47. The number of anilines is 2. The van der Waals surface area contributed by atoms with Gasteiger partial charge < -0.3 is 5.73 Å². The maximum Gasteiger partial charge on any atom is 0.253 e. The summed E-state index contributed by atoms with van der Waals surface area (Å²) in [4.78, 5) is 17.9. The molecule has 2 fully saturated rings. The number of hydrogen-bond donors (Lipinski definition) is 1. The monoisotopic (exact) mass is 232 g/mol. The highest BCUT2D eigenvalue weighted by atomic mass is 16.7. The number of hydroxylamine groups is 1. The van der Waals surface area contributed by atoms with Crippen LogP contribution in [-0.2, 0) is 9.63 Å². The zero-order valence-electron chi connectivity index (χ0n) is 9.69. The Morgan fingerprint density at radius 3 is 2.47 bits per heavy atom. The Kier molecular flexibility index (Phi) is 2.33. The molecule has 90 valence electrons. The normalized spacial score (nSPS) is 22.6. The zero-order chi connectivity index (χ0) is 11.9. The Morgan fingerprint density at radius 1 is 1.18 bits per heavy atom. The van der Waals surface area contributed by atoms with Crippen LogP contribution < -0.4 is 10.8 Å². The van der Waals surface area contributed by atoms with Gasteiger partial charge in [0, 0.05) is 5.69 Å². The van der Waals surface area contributed by atoms with E-state index in [2.05, 4.69) is 0 Å². The SMILES string of the molecule is Nc1ccc(N2OC3(CCCC3)CC2=O)cc1. The van der Waals surface area contributed by atoms with Gasteiger partial charge in [0.2, 0.25) is 0 Å². The lowest BCUT2D eigenvalue weighted by Crippen LogP contribution is -2.27. The predicted octanol–water partition coefficient (Wildman–Crippen LogP) is 2.25. The molecule has 4 heteroatoms. The van der Waals surface area contributed by atoms with Gasteiger partial charge in [0.05, 0.1) is 12.1 Å². The first-order chi connectivity index (χ1) is 8.19. The van der Waals surface area contributed by atoms with Crippen LogP contribution in [0.2, 0.25) is 0 Å². The number of hydrogen-bond acceptors (Lipinski definition) is 3. The number of rotatable bonds is 1. The molecule has 1 amide bonds. The number of benzene rings is 1. The van der Waals surface area contributed by atoms with Crippen LogP contribution in [0.5, 0.6) is 0 Å². The van der Waals surface area contributed by atoms with Crippen molar-refractivity contribution in [2.24, 2.45) is 0 Å². The van der Waals surface area contributed by atoms with E-state index in [-0.39, 0.29) is 11.5 Å². The Bertz CT molecular complexity index is 435. The van der Waals surface area contributed by atoms with Crippen LogP contribution in [0.15, 0.2) is 24.3 Å². The van der Waals surface area contributed by atoms with E-state index in [4.69, 9.17) is 10.6 Å². The summed E-state index contributed by atoms with van der Waals surface area (Å²) in [5, 5.41) is 1.44. The summed E-state index contributed by atoms with van der Waals surface area (Å²) in [7, 11) is 0. The lowest BCUT2D eigenvalue weighted by Gasteiger charge is -2.22. The summed E-state index contributed by atoms with van der Waals surface area (Å²) in [5.74, 6) is 0.0525. The lowest BCUT2D eigenvalue weighted by molar-refractivity contribution is -0.119. The molecule has 0 unspecified atom stereocenters. The Labute approximate surface area is 100 Å². The second-order valence-electron chi connectivity index (χ2n) is 4.94. The van der Waals surface area contributed by atoms with Gasteiger partial charge in [-0.25, -0.2) is 0 Å². The minimum atomic E-state index is -0.224. The van der Waals surface area contributed by atoms with E-state index in [0.717, 1.165) is 31.4 Å². The van der Waals surface area contributed by atoms with Gasteiger partial charge in [0.1, 0.15) is 5.60 Å². The largest absolute Gasteiger partial charge is 0.399 e. The maximum absolute atomic E-state index is 12.0. The Hall–Kier alpha value is -1.55. The number of nitrogens with two attached hydrogens (primary N) is 1. The molecule has 1 aromatic carbocycles. The number of amides is 1. The fourth-order valence-electron chi connectivity index (χ4n) is 2.72. The average molecular weight is 232 g/mol. The number of nitrogens with zero attached hydrogens (tertiary/aromatic N) is 1. The van der Waals surface area contributed by atoms with Gasteiger partial charge >= 0.3 is 0 Å².